The van der Waals surface area contributed by atoms with Crippen molar-refractivity contribution in [3.05, 3.63) is 28.8 Å². The average molecular weight is 217 g/mol. The van der Waals surface area contributed by atoms with Crippen LogP contribution in [0.15, 0.2) is 6.07 Å². The number of hydrogen-bond acceptors (Lipinski definition) is 3. The van der Waals surface area contributed by atoms with Crippen molar-refractivity contribution in [1.82, 2.24) is 0 Å². The molecule has 15 heavy (non-hydrogen) atoms. The molecule has 0 saturated carbocycles. The first-order valence-electron chi connectivity index (χ1n) is 4.47. The van der Waals surface area contributed by atoms with Gasteiger partial charge in [-0.3, -0.25) is 0 Å². The van der Waals surface area contributed by atoms with Gasteiger partial charge in [-0.25, -0.2) is 8.78 Å². The fourth-order valence-electron chi connectivity index (χ4n) is 1.28. The molecule has 0 aliphatic heterocycles. The minimum absolute atomic E-state index is 0.193. The van der Waals surface area contributed by atoms with E-state index in [1.165, 1.54) is 13.8 Å². The highest BCUT2D eigenvalue weighted by Crippen LogP contribution is 2.29. The third-order valence-corrected chi connectivity index (χ3v) is 2.25. The van der Waals surface area contributed by atoms with Crippen LogP contribution in [0, 0.1) is 18.6 Å². The lowest BCUT2D eigenvalue weighted by Crippen LogP contribution is -2.25. The van der Waals surface area contributed by atoms with E-state index in [2.05, 4.69) is 0 Å². The maximum Gasteiger partial charge on any atom is 0.170 e. The quantitative estimate of drug-likeness (QED) is 0.700. The summed E-state index contributed by atoms with van der Waals surface area (Å²) in [4.78, 5) is 0. The lowest BCUT2D eigenvalue weighted by atomic mass is 10.0. The largest absolute Gasteiger partial charge is 0.505 e. The summed E-state index contributed by atoms with van der Waals surface area (Å²) in [6, 6.07) is 0.148. The number of hydrogen-bond donors (Lipinski definition) is 3. The van der Waals surface area contributed by atoms with Crippen molar-refractivity contribution in [3.63, 3.8) is 0 Å². The summed E-state index contributed by atoms with van der Waals surface area (Å²) in [6.07, 6.45) is -1.27. The Morgan fingerprint density at radius 3 is 2.33 bits per heavy atom. The average Bonchev–Trinajstić information content (AvgIpc) is 2.19. The molecule has 1 rings (SSSR count). The highest BCUT2D eigenvalue weighted by molar-refractivity contribution is 5.37. The van der Waals surface area contributed by atoms with Crippen LogP contribution in [0.25, 0.3) is 0 Å². The van der Waals surface area contributed by atoms with Crippen molar-refractivity contribution in [1.29, 1.82) is 0 Å². The standard InChI is InChI=1S/C10H13F2NO2/c1-4-8(11)6(10(15)5(2)13)3-7(14)9(4)12/h3,5,10,14-15H,13H2,1-2H3. The Balaban J connectivity index is 3.32. The van der Waals surface area contributed by atoms with Crippen LogP contribution < -0.4 is 5.73 Å². The van der Waals surface area contributed by atoms with Crippen molar-refractivity contribution in [3.8, 4) is 5.75 Å². The third kappa shape index (κ3) is 2.08. The summed E-state index contributed by atoms with van der Waals surface area (Å²) in [7, 11) is 0. The summed E-state index contributed by atoms with van der Waals surface area (Å²) in [5.41, 5.74) is 4.86. The highest BCUT2D eigenvalue weighted by Gasteiger charge is 2.22. The molecule has 0 saturated heterocycles. The van der Waals surface area contributed by atoms with Gasteiger partial charge in [0.05, 0.1) is 6.10 Å². The molecule has 0 aliphatic rings. The van der Waals surface area contributed by atoms with Crippen LogP contribution in [0.2, 0.25) is 0 Å². The number of phenolic OH excluding ortho intramolecular Hbond substituents is 1. The van der Waals surface area contributed by atoms with Crippen molar-refractivity contribution in [2.75, 3.05) is 0 Å². The molecule has 0 fully saturated rings. The van der Waals surface area contributed by atoms with Gasteiger partial charge in [0.2, 0.25) is 0 Å². The molecule has 0 bridgehead atoms. The van der Waals surface area contributed by atoms with Crippen LogP contribution in [0.4, 0.5) is 8.78 Å². The predicted molar refractivity (Wildman–Crippen MR) is 51.4 cm³/mol. The maximum absolute atomic E-state index is 13.5. The van der Waals surface area contributed by atoms with Crippen molar-refractivity contribution in [2.45, 2.75) is 26.0 Å². The summed E-state index contributed by atoms with van der Waals surface area (Å²) >= 11 is 0. The van der Waals surface area contributed by atoms with Gasteiger partial charge >= 0.3 is 0 Å². The molecular formula is C10H13F2NO2. The highest BCUT2D eigenvalue weighted by atomic mass is 19.1. The molecule has 1 aromatic rings. The second kappa shape index (κ2) is 4.12. The second-order valence-electron chi connectivity index (χ2n) is 3.54. The normalized spacial score (nSPS) is 15.1. The smallest absolute Gasteiger partial charge is 0.170 e. The molecule has 0 aliphatic carbocycles. The van der Waals surface area contributed by atoms with Crippen LogP contribution in [-0.4, -0.2) is 16.3 Å². The summed E-state index contributed by atoms with van der Waals surface area (Å²) in [6.45, 7) is 2.67. The van der Waals surface area contributed by atoms with Gasteiger partial charge in [0.25, 0.3) is 0 Å². The monoisotopic (exact) mass is 217 g/mol. The molecule has 3 nitrogen and oxygen atoms in total. The van der Waals surface area contributed by atoms with Crippen LogP contribution in [0.3, 0.4) is 0 Å². The summed E-state index contributed by atoms with van der Waals surface area (Å²) < 4.78 is 26.5. The van der Waals surface area contributed by atoms with Crippen LogP contribution >= 0.6 is 0 Å². The van der Waals surface area contributed by atoms with Crippen LogP contribution in [-0.2, 0) is 0 Å². The Hall–Kier alpha value is -1.20. The Morgan fingerprint density at radius 1 is 1.33 bits per heavy atom. The van der Waals surface area contributed by atoms with E-state index in [-0.39, 0.29) is 11.1 Å². The Morgan fingerprint density at radius 2 is 1.87 bits per heavy atom. The number of aromatic hydroxyl groups is 1. The van der Waals surface area contributed by atoms with E-state index in [4.69, 9.17) is 10.8 Å². The first-order valence-corrected chi connectivity index (χ1v) is 4.47. The van der Waals surface area contributed by atoms with E-state index in [1.54, 1.807) is 0 Å². The number of benzene rings is 1. The molecule has 1 aromatic carbocycles. The zero-order valence-electron chi connectivity index (χ0n) is 8.46. The van der Waals surface area contributed by atoms with E-state index in [0.717, 1.165) is 6.07 Å². The van der Waals surface area contributed by atoms with E-state index < -0.39 is 29.5 Å². The van der Waals surface area contributed by atoms with Gasteiger partial charge in [-0.05, 0) is 19.9 Å². The molecule has 0 amide bonds. The molecule has 0 radical (unpaired) electrons. The second-order valence-corrected chi connectivity index (χ2v) is 3.54. The lowest BCUT2D eigenvalue weighted by molar-refractivity contribution is 0.148. The maximum atomic E-state index is 13.5. The van der Waals surface area contributed by atoms with Crippen molar-refractivity contribution >= 4 is 0 Å². The van der Waals surface area contributed by atoms with Gasteiger partial charge in [0, 0.05) is 17.2 Å². The van der Waals surface area contributed by atoms with Gasteiger partial charge in [-0.2, -0.15) is 0 Å². The molecule has 2 atom stereocenters. The molecule has 84 valence electrons. The summed E-state index contributed by atoms with van der Waals surface area (Å²) in [5.74, 6) is -2.59. The molecule has 4 N–H and O–H groups in total. The molecule has 0 spiro atoms. The predicted octanol–water partition coefficient (Wildman–Crippen LogP) is 1.36. The van der Waals surface area contributed by atoms with E-state index in [9.17, 15) is 13.9 Å². The first-order chi connectivity index (χ1) is 6.86. The molecule has 5 heteroatoms. The van der Waals surface area contributed by atoms with Crippen molar-refractivity contribution in [2.24, 2.45) is 5.73 Å². The molecular weight excluding hydrogens is 204 g/mol. The first kappa shape index (κ1) is 11.9. The van der Waals surface area contributed by atoms with Gasteiger partial charge in [0.15, 0.2) is 11.6 Å². The van der Waals surface area contributed by atoms with Crippen LogP contribution in [0.1, 0.15) is 24.2 Å². The van der Waals surface area contributed by atoms with Gasteiger partial charge in [0.1, 0.15) is 5.82 Å². The Kier molecular flexibility index (Phi) is 3.26. The van der Waals surface area contributed by atoms with Gasteiger partial charge in [-0.15, -0.1) is 0 Å². The SMILES string of the molecule is Cc1c(F)c(O)cc(C(O)C(C)N)c1F. The van der Waals surface area contributed by atoms with Gasteiger partial charge in [-0.1, -0.05) is 0 Å². The van der Waals surface area contributed by atoms with Gasteiger partial charge < -0.3 is 15.9 Å². The van der Waals surface area contributed by atoms with E-state index in [1.807, 2.05) is 0 Å². The minimum atomic E-state index is -1.27. The number of aliphatic hydroxyl groups is 1. The molecule has 0 heterocycles. The minimum Gasteiger partial charge on any atom is -0.505 e. The number of phenols is 1. The molecule has 0 aromatic heterocycles. The summed E-state index contributed by atoms with van der Waals surface area (Å²) in [5, 5.41) is 18.7. The number of aliphatic hydroxyl groups excluding tert-OH is 1. The third-order valence-electron chi connectivity index (χ3n) is 2.25. The number of halogens is 2. The Labute approximate surface area is 86.2 Å². The zero-order valence-corrected chi connectivity index (χ0v) is 8.46. The van der Waals surface area contributed by atoms with Crippen LogP contribution in [0.5, 0.6) is 5.75 Å². The van der Waals surface area contributed by atoms with E-state index >= 15 is 0 Å². The zero-order chi connectivity index (χ0) is 11.7. The Bertz CT molecular complexity index is 380. The van der Waals surface area contributed by atoms with E-state index in [0.29, 0.717) is 0 Å². The lowest BCUT2D eigenvalue weighted by Gasteiger charge is -2.17. The fraction of sp³-hybridized carbons (Fsp3) is 0.400. The topological polar surface area (TPSA) is 66.5 Å². The van der Waals surface area contributed by atoms with Crippen molar-refractivity contribution < 1.29 is 19.0 Å². The fourth-order valence-corrected chi connectivity index (χ4v) is 1.28. The number of nitrogens with two attached hydrogens (primary N) is 1. The number of rotatable bonds is 2. The molecule has 2 unspecified atom stereocenters.